The number of ether oxygens (including phenoxy) is 1. The van der Waals surface area contributed by atoms with Crippen molar-refractivity contribution in [3.8, 4) is 22.0 Å². The molecular formula is C21H18N4O2S. The number of methoxy groups -OCH3 is 1. The number of hydrogen-bond acceptors (Lipinski definition) is 5. The lowest BCUT2D eigenvalue weighted by atomic mass is 10.2. The van der Waals surface area contributed by atoms with E-state index in [0.29, 0.717) is 12.2 Å². The van der Waals surface area contributed by atoms with Gasteiger partial charge in [-0.15, -0.1) is 11.3 Å². The first kappa shape index (κ1) is 17.9. The molecule has 4 aromatic rings. The largest absolute Gasteiger partial charge is 0.497 e. The maximum Gasteiger partial charge on any atom is 0.270 e. The van der Waals surface area contributed by atoms with Crippen LogP contribution in [0.2, 0.25) is 0 Å². The highest BCUT2D eigenvalue weighted by molar-refractivity contribution is 7.13. The Balaban J connectivity index is 1.66. The van der Waals surface area contributed by atoms with Gasteiger partial charge in [0.2, 0.25) is 0 Å². The zero-order chi connectivity index (χ0) is 19.3. The van der Waals surface area contributed by atoms with Crippen LogP contribution in [0, 0.1) is 0 Å². The number of nitrogens with one attached hydrogen (secondary N) is 1. The predicted molar refractivity (Wildman–Crippen MR) is 109 cm³/mol. The van der Waals surface area contributed by atoms with Crippen LogP contribution in [0.1, 0.15) is 16.1 Å². The molecule has 7 heteroatoms. The number of rotatable bonds is 6. The average molecular weight is 390 g/mol. The van der Waals surface area contributed by atoms with Crippen LogP contribution in [0.5, 0.6) is 5.75 Å². The summed E-state index contributed by atoms with van der Waals surface area (Å²) in [5, 5.41) is 9.60. The number of carbonyl (C=O) groups is 1. The first-order valence-corrected chi connectivity index (χ1v) is 9.58. The van der Waals surface area contributed by atoms with Crippen molar-refractivity contribution in [2.45, 2.75) is 6.54 Å². The number of carbonyl (C=O) groups excluding carboxylic acids is 1. The minimum absolute atomic E-state index is 0.199. The Labute approximate surface area is 166 Å². The predicted octanol–water partition coefficient (Wildman–Crippen LogP) is 3.93. The van der Waals surface area contributed by atoms with Crippen LogP contribution in [0.3, 0.4) is 0 Å². The van der Waals surface area contributed by atoms with Crippen LogP contribution in [0.4, 0.5) is 0 Å². The molecule has 4 rings (SSSR count). The minimum Gasteiger partial charge on any atom is -0.497 e. The number of nitrogens with zero attached hydrogens (tertiary/aromatic N) is 3. The molecule has 0 aliphatic rings. The number of benzene rings is 1. The highest BCUT2D eigenvalue weighted by Crippen LogP contribution is 2.26. The van der Waals surface area contributed by atoms with Gasteiger partial charge in [-0.2, -0.15) is 5.10 Å². The van der Waals surface area contributed by atoms with Crippen LogP contribution in [0.15, 0.2) is 72.4 Å². The van der Waals surface area contributed by atoms with E-state index >= 15 is 0 Å². The SMILES string of the molecule is COc1ccc(-n2nc(-c3cccs3)cc2C(=O)NCc2cccnc2)cc1. The first-order valence-electron chi connectivity index (χ1n) is 8.70. The van der Waals surface area contributed by atoms with Gasteiger partial charge in [-0.3, -0.25) is 9.78 Å². The molecule has 28 heavy (non-hydrogen) atoms. The number of pyridine rings is 1. The second-order valence-corrected chi connectivity index (χ2v) is 6.99. The Bertz CT molecular complexity index is 1060. The quantitative estimate of drug-likeness (QED) is 0.542. The third-order valence-corrected chi connectivity index (χ3v) is 5.10. The van der Waals surface area contributed by atoms with Crippen LogP contribution in [0.25, 0.3) is 16.3 Å². The Morgan fingerprint density at radius 2 is 2.04 bits per heavy atom. The fourth-order valence-electron chi connectivity index (χ4n) is 2.78. The fraction of sp³-hybridized carbons (Fsp3) is 0.0952. The zero-order valence-corrected chi connectivity index (χ0v) is 16.0. The van der Waals surface area contributed by atoms with Gasteiger partial charge in [0.1, 0.15) is 17.1 Å². The molecule has 140 valence electrons. The fourth-order valence-corrected chi connectivity index (χ4v) is 3.46. The van der Waals surface area contributed by atoms with Gasteiger partial charge >= 0.3 is 0 Å². The number of hydrogen-bond donors (Lipinski definition) is 1. The molecule has 6 nitrogen and oxygen atoms in total. The summed E-state index contributed by atoms with van der Waals surface area (Å²) in [4.78, 5) is 18.0. The summed E-state index contributed by atoms with van der Waals surface area (Å²) >= 11 is 1.59. The third kappa shape index (κ3) is 3.79. The molecule has 3 heterocycles. The van der Waals surface area contributed by atoms with Crippen LogP contribution < -0.4 is 10.1 Å². The van der Waals surface area contributed by atoms with E-state index in [2.05, 4.69) is 15.4 Å². The van der Waals surface area contributed by atoms with E-state index < -0.39 is 0 Å². The minimum atomic E-state index is -0.199. The summed E-state index contributed by atoms with van der Waals surface area (Å²) in [6.07, 6.45) is 3.44. The molecule has 0 saturated carbocycles. The van der Waals surface area contributed by atoms with E-state index in [-0.39, 0.29) is 5.91 Å². The highest BCUT2D eigenvalue weighted by atomic mass is 32.1. The number of thiophene rings is 1. The van der Waals surface area contributed by atoms with Crippen molar-refractivity contribution >= 4 is 17.2 Å². The molecular weight excluding hydrogens is 372 g/mol. The van der Waals surface area contributed by atoms with Crippen LogP contribution in [-0.2, 0) is 6.54 Å². The Morgan fingerprint density at radius 1 is 1.18 bits per heavy atom. The third-order valence-electron chi connectivity index (χ3n) is 4.21. The van der Waals surface area contributed by atoms with Gasteiger partial charge in [-0.25, -0.2) is 4.68 Å². The maximum absolute atomic E-state index is 12.9. The van der Waals surface area contributed by atoms with Gasteiger partial charge in [0.05, 0.1) is 17.7 Å². The Morgan fingerprint density at radius 3 is 2.71 bits per heavy atom. The molecule has 1 N–H and O–H groups in total. The molecule has 0 fully saturated rings. The van der Waals surface area contributed by atoms with Crippen molar-refractivity contribution in [3.05, 3.63) is 83.6 Å². The summed E-state index contributed by atoms with van der Waals surface area (Å²) < 4.78 is 6.88. The van der Waals surface area contributed by atoms with Gasteiger partial charge in [-0.1, -0.05) is 12.1 Å². The van der Waals surface area contributed by atoms with E-state index in [1.807, 2.05) is 60.0 Å². The Hall–Kier alpha value is -3.45. The summed E-state index contributed by atoms with van der Waals surface area (Å²) in [5.41, 5.74) is 2.95. The van der Waals surface area contributed by atoms with E-state index in [0.717, 1.165) is 27.6 Å². The van der Waals surface area contributed by atoms with Gasteiger partial charge in [0.25, 0.3) is 5.91 Å². The molecule has 3 aromatic heterocycles. The molecule has 0 aliphatic heterocycles. The monoisotopic (exact) mass is 390 g/mol. The molecule has 0 atom stereocenters. The lowest BCUT2D eigenvalue weighted by molar-refractivity contribution is 0.0943. The van der Waals surface area contributed by atoms with Crippen LogP contribution >= 0.6 is 11.3 Å². The normalized spacial score (nSPS) is 10.6. The first-order chi connectivity index (χ1) is 13.7. The van der Waals surface area contributed by atoms with Gasteiger partial charge < -0.3 is 10.1 Å². The second kappa shape index (κ2) is 8.06. The summed E-state index contributed by atoms with van der Waals surface area (Å²) in [6.45, 7) is 0.398. The lowest BCUT2D eigenvalue weighted by Gasteiger charge is -2.09. The van der Waals surface area contributed by atoms with Crippen molar-refractivity contribution in [2.75, 3.05) is 7.11 Å². The van der Waals surface area contributed by atoms with Crippen molar-refractivity contribution < 1.29 is 9.53 Å². The molecule has 0 bridgehead atoms. The van der Waals surface area contributed by atoms with Crippen molar-refractivity contribution in [1.82, 2.24) is 20.1 Å². The summed E-state index contributed by atoms with van der Waals surface area (Å²) in [7, 11) is 1.62. The smallest absolute Gasteiger partial charge is 0.270 e. The van der Waals surface area contributed by atoms with E-state index in [4.69, 9.17) is 4.74 Å². The Kier molecular flexibility index (Phi) is 5.16. The van der Waals surface area contributed by atoms with Crippen LogP contribution in [-0.4, -0.2) is 27.8 Å². The lowest BCUT2D eigenvalue weighted by Crippen LogP contribution is -2.25. The molecule has 0 spiro atoms. The molecule has 1 aromatic carbocycles. The maximum atomic E-state index is 12.9. The molecule has 0 unspecified atom stereocenters. The average Bonchev–Trinajstić information content (AvgIpc) is 3.43. The van der Waals surface area contributed by atoms with Crippen molar-refractivity contribution in [2.24, 2.45) is 0 Å². The zero-order valence-electron chi connectivity index (χ0n) is 15.2. The van der Waals surface area contributed by atoms with Gasteiger partial charge in [0.15, 0.2) is 0 Å². The van der Waals surface area contributed by atoms with Crippen molar-refractivity contribution in [3.63, 3.8) is 0 Å². The summed E-state index contributed by atoms with van der Waals surface area (Å²) in [6, 6.07) is 17.0. The topological polar surface area (TPSA) is 69.0 Å². The summed E-state index contributed by atoms with van der Waals surface area (Å²) in [5.74, 6) is 0.548. The molecule has 1 amide bonds. The second-order valence-electron chi connectivity index (χ2n) is 6.05. The van der Waals surface area contributed by atoms with E-state index in [1.165, 1.54) is 0 Å². The van der Waals surface area contributed by atoms with Gasteiger partial charge in [0, 0.05) is 18.9 Å². The number of amides is 1. The highest BCUT2D eigenvalue weighted by Gasteiger charge is 2.18. The van der Waals surface area contributed by atoms with E-state index in [9.17, 15) is 4.79 Å². The van der Waals surface area contributed by atoms with E-state index in [1.54, 1.807) is 35.5 Å². The van der Waals surface area contributed by atoms with Crippen molar-refractivity contribution in [1.29, 1.82) is 0 Å². The standard InChI is InChI=1S/C21H18N4O2S/c1-27-17-8-6-16(7-9-17)25-19(12-18(24-25)20-5-3-11-28-20)21(26)23-14-15-4-2-10-22-13-15/h2-13H,14H2,1H3,(H,23,26). The molecule has 0 aliphatic carbocycles. The number of aromatic nitrogens is 3. The van der Waals surface area contributed by atoms with Gasteiger partial charge in [-0.05, 0) is 53.4 Å². The molecule has 0 radical (unpaired) electrons. The molecule has 0 saturated heterocycles.